The van der Waals surface area contributed by atoms with Crippen molar-refractivity contribution >= 4 is 33.6 Å². The minimum atomic E-state index is -0.609. The van der Waals surface area contributed by atoms with Crippen LogP contribution in [0.1, 0.15) is 5.89 Å². The largest absolute Gasteiger partial charge is 0.482 e. The highest BCUT2D eigenvalue weighted by Crippen LogP contribution is 2.31. The van der Waals surface area contributed by atoms with Crippen molar-refractivity contribution in [1.82, 2.24) is 10.2 Å². The van der Waals surface area contributed by atoms with Crippen LogP contribution in [-0.4, -0.2) is 27.7 Å². The van der Waals surface area contributed by atoms with E-state index in [0.717, 1.165) is 21.9 Å². The van der Waals surface area contributed by atoms with Gasteiger partial charge in [-0.05, 0) is 36.4 Å². The van der Waals surface area contributed by atoms with E-state index >= 15 is 0 Å². The number of hydrogen-bond acceptors (Lipinski definition) is 9. The number of carbonyl (C=O) groups is 1. The highest BCUT2D eigenvalue weighted by atomic mass is 16.6. The summed E-state index contributed by atoms with van der Waals surface area (Å²) in [6, 6.07) is 18.6. The van der Waals surface area contributed by atoms with Crippen LogP contribution in [0.3, 0.4) is 0 Å². The van der Waals surface area contributed by atoms with Crippen LogP contribution < -0.4 is 4.74 Å². The maximum absolute atomic E-state index is 12.1. The standard InChI is InChI=1S/C23H15N3O7/c27-22(13-30-16-9-10-20-18(11-16)17-3-1-2-4-19(17)32-20)31-12-21-24-25-23(33-21)14-5-7-15(8-6-14)26(28)29/h1-11H,12-13H2. The lowest BCUT2D eigenvalue weighted by Gasteiger charge is -2.05. The molecule has 0 atom stereocenters. The van der Waals surface area contributed by atoms with Crippen molar-refractivity contribution in [3.8, 4) is 17.2 Å². The van der Waals surface area contributed by atoms with Crippen molar-refractivity contribution in [1.29, 1.82) is 0 Å². The number of aromatic nitrogens is 2. The molecule has 0 aliphatic carbocycles. The van der Waals surface area contributed by atoms with E-state index in [1.807, 2.05) is 30.3 Å². The van der Waals surface area contributed by atoms with Crippen LogP contribution >= 0.6 is 0 Å². The lowest BCUT2D eigenvalue weighted by Crippen LogP contribution is -2.14. The smallest absolute Gasteiger partial charge is 0.344 e. The molecular weight excluding hydrogens is 430 g/mol. The second-order valence-corrected chi connectivity index (χ2v) is 7.01. The first-order chi connectivity index (χ1) is 16.1. The maximum Gasteiger partial charge on any atom is 0.344 e. The summed E-state index contributed by atoms with van der Waals surface area (Å²) in [4.78, 5) is 22.3. The number of non-ortho nitro benzene ring substituents is 1. The molecule has 3 aromatic carbocycles. The molecule has 164 valence electrons. The summed E-state index contributed by atoms with van der Waals surface area (Å²) < 4.78 is 21.9. The second kappa shape index (κ2) is 8.42. The van der Waals surface area contributed by atoms with Gasteiger partial charge in [-0.2, -0.15) is 0 Å². The molecule has 5 aromatic rings. The molecule has 0 saturated heterocycles. The third-order valence-electron chi connectivity index (χ3n) is 4.85. The minimum absolute atomic E-state index is 0.0486. The van der Waals surface area contributed by atoms with Gasteiger partial charge in [-0.3, -0.25) is 10.1 Å². The molecule has 10 heteroatoms. The monoisotopic (exact) mass is 445 g/mol. The molecular formula is C23H15N3O7. The minimum Gasteiger partial charge on any atom is -0.482 e. The van der Waals surface area contributed by atoms with Gasteiger partial charge in [-0.1, -0.05) is 18.2 Å². The molecule has 0 N–H and O–H groups in total. The number of esters is 1. The van der Waals surface area contributed by atoms with Crippen molar-refractivity contribution in [2.45, 2.75) is 6.61 Å². The van der Waals surface area contributed by atoms with Crippen LogP contribution in [0.25, 0.3) is 33.4 Å². The number of nitro benzene ring substituents is 1. The number of carbonyl (C=O) groups excluding carboxylic acids is 1. The summed E-state index contributed by atoms with van der Waals surface area (Å²) >= 11 is 0. The van der Waals surface area contributed by atoms with Gasteiger partial charge in [0, 0.05) is 28.5 Å². The summed E-state index contributed by atoms with van der Waals surface area (Å²) in [6.07, 6.45) is 0. The second-order valence-electron chi connectivity index (χ2n) is 7.01. The normalized spacial score (nSPS) is 11.0. The molecule has 0 spiro atoms. The van der Waals surface area contributed by atoms with Crippen LogP contribution in [0, 0.1) is 10.1 Å². The molecule has 0 fully saturated rings. The molecule has 0 amide bonds. The van der Waals surface area contributed by atoms with E-state index in [-0.39, 0.29) is 30.7 Å². The van der Waals surface area contributed by atoms with Gasteiger partial charge in [0.25, 0.3) is 11.6 Å². The fraction of sp³-hybridized carbons (Fsp3) is 0.0870. The van der Waals surface area contributed by atoms with Gasteiger partial charge in [0.05, 0.1) is 4.92 Å². The molecule has 0 bridgehead atoms. The molecule has 33 heavy (non-hydrogen) atoms. The van der Waals surface area contributed by atoms with Crippen LogP contribution in [0.4, 0.5) is 5.69 Å². The third-order valence-corrected chi connectivity index (χ3v) is 4.85. The fourth-order valence-electron chi connectivity index (χ4n) is 3.28. The number of nitro groups is 1. The Balaban J connectivity index is 1.17. The van der Waals surface area contributed by atoms with E-state index in [0.29, 0.717) is 11.3 Å². The highest BCUT2D eigenvalue weighted by Gasteiger charge is 2.14. The Morgan fingerprint density at radius 3 is 2.55 bits per heavy atom. The Morgan fingerprint density at radius 2 is 1.73 bits per heavy atom. The number of hydrogen-bond donors (Lipinski definition) is 0. The first kappa shape index (κ1) is 20.2. The van der Waals surface area contributed by atoms with Crippen LogP contribution in [0.15, 0.2) is 75.6 Å². The van der Waals surface area contributed by atoms with Gasteiger partial charge in [0.2, 0.25) is 5.89 Å². The van der Waals surface area contributed by atoms with Crippen molar-refractivity contribution in [2.75, 3.05) is 6.61 Å². The Kier molecular flexibility index (Phi) is 5.15. The van der Waals surface area contributed by atoms with Crippen LogP contribution in [0.2, 0.25) is 0 Å². The van der Waals surface area contributed by atoms with E-state index in [1.165, 1.54) is 24.3 Å². The van der Waals surface area contributed by atoms with E-state index in [4.69, 9.17) is 18.3 Å². The van der Waals surface area contributed by atoms with E-state index in [1.54, 1.807) is 12.1 Å². The van der Waals surface area contributed by atoms with Crippen molar-refractivity contribution in [3.63, 3.8) is 0 Å². The number of fused-ring (bicyclic) bond motifs is 3. The topological polar surface area (TPSA) is 131 Å². The van der Waals surface area contributed by atoms with Gasteiger partial charge in [-0.25, -0.2) is 4.79 Å². The predicted octanol–water partition coefficient (Wildman–Crippen LogP) is 4.67. The number of para-hydroxylation sites is 1. The van der Waals surface area contributed by atoms with Crippen molar-refractivity contribution in [2.24, 2.45) is 0 Å². The molecule has 0 radical (unpaired) electrons. The van der Waals surface area contributed by atoms with E-state index in [9.17, 15) is 14.9 Å². The lowest BCUT2D eigenvalue weighted by atomic mass is 10.1. The molecule has 10 nitrogen and oxygen atoms in total. The maximum atomic E-state index is 12.1. The number of benzene rings is 3. The summed E-state index contributed by atoms with van der Waals surface area (Å²) in [6.45, 7) is -0.530. The van der Waals surface area contributed by atoms with E-state index in [2.05, 4.69) is 10.2 Å². The molecule has 0 aliphatic heterocycles. The van der Waals surface area contributed by atoms with Crippen LogP contribution in [0.5, 0.6) is 5.75 Å². The summed E-state index contributed by atoms with van der Waals surface area (Å²) in [5.41, 5.74) is 1.96. The average Bonchev–Trinajstić information content (AvgIpc) is 3.46. The van der Waals surface area contributed by atoms with Gasteiger partial charge in [0.1, 0.15) is 16.9 Å². The number of furan rings is 1. The van der Waals surface area contributed by atoms with Crippen LogP contribution in [-0.2, 0) is 16.1 Å². The zero-order chi connectivity index (χ0) is 22.8. The lowest BCUT2D eigenvalue weighted by molar-refractivity contribution is -0.384. The fourth-order valence-corrected chi connectivity index (χ4v) is 3.28. The summed E-state index contributed by atoms with van der Waals surface area (Å²) in [5.74, 6) is 0.141. The quantitative estimate of drug-likeness (QED) is 0.199. The molecule has 0 saturated carbocycles. The third kappa shape index (κ3) is 4.22. The number of rotatable bonds is 7. The molecule has 2 heterocycles. The number of nitrogens with zero attached hydrogens (tertiary/aromatic N) is 3. The Morgan fingerprint density at radius 1 is 0.939 bits per heavy atom. The Bertz CT molecular complexity index is 1470. The summed E-state index contributed by atoms with van der Waals surface area (Å²) in [7, 11) is 0. The number of ether oxygens (including phenoxy) is 2. The first-order valence-electron chi connectivity index (χ1n) is 9.84. The van der Waals surface area contributed by atoms with Gasteiger partial charge < -0.3 is 18.3 Å². The Labute approximate surface area is 185 Å². The molecule has 0 unspecified atom stereocenters. The SMILES string of the molecule is O=C(COc1ccc2oc3ccccc3c2c1)OCc1nnc(-c2ccc([N+](=O)[O-])cc2)o1. The van der Waals surface area contributed by atoms with Gasteiger partial charge in [-0.15, -0.1) is 10.2 Å². The predicted molar refractivity (Wildman–Crippen MR) is 115 cm³/mol. The van der Waals surface area contributed by atoms with Crippen molar-refractivity contribution < 1.29 is 28.0 Å². The zero-order valence-electron chi connectivity index (χ0n) is 17.0. The average molecular weight is 445 g/mol. The summed E-state index contributed by atoms with van der Waals surface area (Å²) in [5, 5.41) is 20.3. The Hall–Kier alpha value is -4.73. The van der Waals surface area contributed by atoms with Gasteiger partial charge in [0.15, 0.2) is 13.2 Å². The molecule has 2 aromatic heterocycles. The van der Waals surface area contributed by atoms with E-state index < -0.39 is 10.9 Å². The van der Waals surface area contributed by atoms with Crippen molar-refractivity contribution in [3.05, 3.63) is 82.7 Å². The first-order valence-corrected chi connectivity index (χ1v) is 9.84. The molecule has 0 aliphatic rings. The van der Waals surface area contributed by atoms with Gasteiger partial charge >= 0.3 is 5.97 Å². The highest BCUT2D eigenvalue weighted by molar-refractivity contribution is 6.05. The zero-order valence-corrected chi connectivity index (χ0v) is 17.0. The molecule has 5 rings (SSSR count).